The van der Waals surface area contributed by atoms with Crippen LogP contribution in [0.15, 0.2) is 30.7 Å². The number of rotatable bonds is 5. The average Bonchev–Trinajstić information content (AvgIpc) is 2.97. The van der Waals surface area contributed by atoms with Gasteiger partial charge in [-0.2, -0.15) is 10.1 Å². The van der Waals surface area contributed by atoms with Crippen molar-refractivity contribution in [3.63, 3.8) is 0 Å². The van der Waals surface area contributed by atoms with E-state index in [1.165, 1.54) is 0 Å². The van der Waals surface area contributed by atoms with Gasteiger partial charge in [-0.25, -0.2) is 18.2 Å². The van der Waals surface area contributed by atoms with E-state index >= 15 is 0 Å². The number of nitrogens with zero attached hydrogens (tertiary/aromatic N) is 4. The second kappa shape index (κ2) is 6.80. The van der Waals surface area contributed by atoms with E-state index in [9.17, 15) is 13.2 Å². The summed E-state index contributed by atoms with van der Waals surface area (Å²) in [7, 11) is 1.78. The van der Waals surface area contributed by atoms with Gasteiger partial charge in [-0.05, 0) is 13.0 Å². The van der Waals surface area contributed by atoms with Gasteiger partial charge in [-0.15, -0.1) is 0 Å². The molecule has 6 nitrogen and oxygen atoms in total. The fraction of sp³-hybridized carbons (Fsp3) is 0.188. The van der Waals surface area contributed by atoms with Crippen LogP contribution in [0.25, 0.3) is 0 Å². The summed E-state index contributed by atoms with van der Waals surface area (Å²) in [6.07, 6.45) is 4.94. The summed E-state index contributed by atoms with van der Waals surface area (Å²) in [5.74, 6) is -2.42. The van der Waals surface area contributed by atoms with Crippen LogP contribution in [0.1, 0.15) is 11.1 Å². The number of aromatic nitrogens is 4. The Balaban J connectivity index is 1.77. The zero-order chi connectivity index (χ0) is 18.0. The van der Waals surface area contributed by atoms with Crippen molar-refractivity contribution in [2.45, 2.75) is 13.5 Å². The molecule has 0 aliphatic rings. The topological polar surface area (TPSA) is 67.7 Å². The van der Waals surface area contributed by atoms with Crippen molar-refractivity contribution in [1.82, 2.24) is 19.7 Å². The normalized spacial score (nSPS) is 10.8. The largest absolute Gasteiger partial charge is 0.365 e. The Morgan fingerprint density at radius 3 is 2.68 bits per heavy atom. The van der Waals surface area contributed by atoms with Crippen LogP contribution >= 0.6 is 0 Å². The van der Waals surface area contributed by atoms with Crippen LogP contribution in [0.2, 0.25) is 0 Å². The predicted molar refractivity (Wildman–Crippen MR) is 86.9 cm³/mol. The summed E-state index contributed by atoms with van der Waals surface area (Å²) >= 11 is 0. The maximum Gasteiger partial charge on any atom is 0.229 e. The molecule has 0 aliphatic heterocycles. The van der Waals surface area contributed by atoms with Gasteiger partial charge in [0, 0.05) is 43.2 Å². The Morgan fingerprint density at radius 1 is 1.16 bits per heavy atom. The highest BCUT2D eigenvalue weighted by atomic mass is 19.2. The van der Waals surface area contributed by atoms with Crippen molar-refractivity contribution in [3.05, 3.63) is 59.3 Å². The summed E-state index contributed by atoms with van der Waals surface area (Å²) in [5, 5.41) is 9.88. The van der Waals surface area contributed by atoms with Crippen molar-refractivity contribution in [1.29, 1.82) is 0 Å². The maximum atomic E-state index is 13.7. The fourth-order valence-corrected chi connectivity index (χ4v) is 2.21. The van der Waals surface area contributed by atoms with E-state index in [4.69, 9.17) is 0 Å². The van der Waals surface area contributed by atoms with Crippen molar-refractivity contribution in [3.8, 4) is 0 Å². The van der Waals surface area contributed by atoms with Gasteiger partial charge in [-0.1, -0.05) is 0 Å². The number of halogens is 3. The molecule has 0 unspecified atom stereocenters. The molecule has 0 radical (unpaired) electrons. The minimum Gasteiger partial charge on any atom is -0.365 e. The predicted octanol–water partition coefficient (Wildman–Crippen LogP) is 3.29. The van der Waals surface area contributed by atoms with E-state index in [1.807, 2.05) is 0 Å². The lowest BCUT2D eigenvalue weighted by Gasteiger charge is -2.11. The van der Waals surface area contributed by atoms with E-state index < -0.39 is 17.5 Å². The molecule has 2 aromatic heterocycles. The highest BCUT2D eigenvalue weighted by Gasteiger charge is 2.12. The zero-order valence-electron chi connectivity index (χ0n) is 13.5. The molecule has 0 atom stereocenters. The summed E-state index contributed by atoms with van der Waals surface area (Å²) in [4.78, 5) is 8.44. The second-order valence-electron chi connectivity index (χ2n) is 5.47. The summed E-state index contributed by atoms with van der Waals surface area (Å²) in [6, 6.07) is 1.45. The Bertz CT molecular complexity index is 909. The lowest BCUT2D eigenvalue weighted by molar-refractivity contribution is 0.486. The molecule has 0 saturated heterocycles. The van der Waals surface area contributed by atoms with Gasteiger partial charge in [0.25, 0.3) is 0 Å². The molecule has 9 heteroatoms. The standard InChI is InChI=1S/C16H15F3N6/c1-9-5-21-16(23-12-7-22-25(2)8-12)24-15(9)20-6-10-3-11(17)4-13(18)14(10)19/h3-5,7-8H,6H2,1-2H3,(H2,20,21,23,24). The van der Waals surface area contributed by atoms with Crippen LogP contribution in [0.4, 0.5) is 30.6 Å². The summed E-state index contributed by atoms with van der Waals surface area (Å²) in [5.41, 5.74) is 1.28. The molecular weight excluding hydrogens is 333 g/mol. The lowest BCUT2D eigenvalue weighted by Crippen LogP contribution is -2.08. The first-order chi connectivity index (χ1) is 11.9. The monoisotopic (exact) mass is 348 g/mol. The van der Waals surface area contributed by atoms with Gasteiger partial charge in [0.05, 0.1) is 11.9 Å². The average molecular weight is 348 g/mol. The van der Waals surface area contributed by atoms with Crippen LogP contribution in [0, 0.1) is 24.4 Å². The molecule has 3 aromatic rings. The van der Waals surface area contributed by atoms with E-state index in [1.54, 1.807) is 37.2 Å². The molecule has 2 N–H and O–H groups in total. The van der Waals surface area contributed by atoms with Gasteiger partial charge >= 0.3 is 0 Å². The smallest absolute Gasteiger partial charge is 0.229 e. The van der Waals surface area contributed by atoms with Crippen molar-refractivity contribution in [2.75, 3.05) is 10.6 Å². The number of nitrogens with one attached hydrogen (secondary N) is 2. The van der Waals surface area contributed by atoms with Crippen LogP contribution in [-0.4, -0.2) is 19.7 Å². The van der Waals surface area contributed by atoms with Crippen molar-refractivity contribution in [2.24, 2.45) is 7.05 Å². The van der Waals surface area contributed by atoms with E-state index in [2.05, 4.69) is 25.7 Å². The number of hydrogen-bond acceptors (Lipinski definition) is 5. The molecule has 3 rings (SSSR count). The molecule has 2 heterocycles. The lowest BCUT2D eigenvalue weighted by atomic mass is 10.2. The number of aryl methyl sites for hydroxylation is 2. The van der Waals surface area contributed by atoms with Crippen molar-refractivity contribution >= 4 is 17.5 Å². The first kappa shape index (κ1) is 16.7. The fourth-order valence-electron chi connectivity index (χ4n) is 2.21. The van der Waals surface area contributed by atoms with Gasteiger partial charge < -0.3 is 10.6 Å². The Labute approximate surface area is 141 Å². The minimum absolute atomic E-state index is 0.120. The van der Waals surface area contributed by atoms with Crippen LogP contribution < -0.4 is 10.6 Å². The second-order valence-corrected chi connectivity index (χ2v) is 5.47. The Hall–Kier alpha value is -3.10. The number of hydrogen-bond donors (Lipinski definition) is 2. The van der Waals surface area contributed by atoms with Gasteiger partial charge in [0.15, 0.2) is 11.6 Å². The summed E-state index contributed by atoms with van der Waals surface area (Å²) in [6.45, 7) is 1.64. The minimum atomic E-state index is -1.23. The van der Waals surface area contributed by atoms with Crippen LogP contribution in [0.5, 0.6) is 0 Å². The van der Waals surface area contributed by atoms with Crippen LogP contribution in [-0.2, 0) is 13.6 Å². The van der Waals surface area contributed by atoms with Gasteiger partial charge in [0.2, 0.25) is 5.95 Å². The first-order valence-corrected chi connectivity index (χ1v) is 7.39. The molecule has 0 amide bonds. The Kier molecular flexibility index (Phi) is 4.55. The molecule has 25 heavy (non-hydrogen) atoms. The molecule has 130 valence electrons. The molecule has 0 saturated carbocycles. The molecular formula is C16H15F3N6. The number of benzene rings is 1. The Morgan fingerprint density at radius 2 is 1.96 bits per heavy atom. The molecule has 0 fully saturated rings. The molecule has 0 bridgehead atoms. The summed E-state index contributed by atoms with van der Waals surface area (Å²) < 4.78 is 41.9. The van der Waals surface area contributed by atoms with E-state index in [-0.39, 0.29) is 12.1 Å². The first-order valence-electron chi connectivity index (χ1n) is 7.39. The quantitative estimate of drug-likeness (QED) is 0.693. The molecule has 0 aliphatic carbocycles. The zero-order valence-corrected chi connectivity index (χ0v) is 13.5. The third kappa shape index (κ3) is 3.87. The SMILES string of the molecule is Cc1cnc(Nc2cnn(C)c2)nc1NCc1cc(F)cc(F)c1F. The third-order valence-electron chi connectivity index (χ3n) is 3.45. The van der Waals surface area contributed by atoms with E-state index in [0.29, 0.717) is 29.1 Å². The van der Waals surface area contributed by atoms with Gasteiger partial charge in [-0.3, -0.25) is 4.68 Å². The highest BCUT2D eigenvalue weighted by Crippen LogP contribution is 2.19. The highest BCUT2D eigenvalue weighted by molar-refractivity contribution is 5.54. The van der Waals surface area contributed by atoms with Crippen molar-refractivity contribution < 1.29 is 13.2 Å². The third-order valence-corrected chi connectivity index (χ3v) is 3.45. The van der Waals surface area contributed by atoms with Crippen LogP contribution in [0.3, 0.4) is 0 Å². The number of anilines is 3. The van der Waals surface area contributed by atoms with Gasteiger partial charge in [0.1, 0.15) is 11.6 Å². The molecule has 0 spiro atoms. The van der Waals surface area contributed by atoms with E-state index in [0.717, 1.165) is 6.07 Å². The maximum absolute atomic E-state index is 13.7. The molecule has 1 aromatic carbocycles.